The average Bonchev–Trinajstić information content (AvgIpc) is 2.87. The van der Waals surface area contributed by atoms with E-state index in [9.17, 15) is 18.0 Å². The van der Waals surface area contributed by atoms with E-state index >= 15 is 0 Å². The molecule has 1 aromatic heterocycles. The molecule has 0 bridgehead atoms. The molecule has 0 unspecified atom stereocenters. The van der Waals surface area contributed by atoms with Crippen molar-refractivity contribution >= 4 is 23.6 Å². The topological polar surface area (TPSA) is 83.0 Å². The molecule has 2 rings (SSSR count). The van der Waals surface area contributed by atoms with Crippen molar-refractivity contribution in [1.82, 2.24) is 14.9 Å². The zero-order chi connectivity index (χ0) is 27.3. The van der Waals surface area contributed by atoms with Crippen LogP contribution < -0.4 is 9.47 Å². The van der Waals surface area contributed by atoms with Crippen LogP contribution in [0.15, 0.2) is 47.8 Å². The highest BCUT2D eigenvalue weighted by Gasteiger charge is 2.34. The maximum Gasteiger partial charge on any atom is 0.433 e. The molecule has 0 N–H and O–H groups in total. The van der Waals surface area contributed by atoms with Crippen LogP contribution in [-0.2, 0) is 27.0 Å². The lowest BCUT2D eigenvalue weighted by atomic mass is 10.1. The zero-order valence-corrected chi connectivity index (χ0v) is 21.9. The quantitative estimate of drug-likeness (QED) is 0.0809. The molecule has 0 saturated heterocycles. The van der Waals surface area contributed by atoms with Gasteiger partial charge in [-0.2, -0.15) is 13.2 Å². The Morgan fingerprint density at radius 3 is 2.46 bits per heavy atom. The van der Waals surface area contributed by atoms with Crippen molar-refractivity contribution < 1.29 is 36.9 Å². The first kappa shape index (κ1) is 30.1. The number of thioether (sulfide) groups is 1. The van der Waals surface area contributed by atoms with E-state index in [1.165, 1.54) is 26.4 Å². The molecule has 8 nitrogen and oxygen atoms in total. The van der Waals surface area contributed by atoms with Crippen LogP contribution in [-0.4, -0.2) is 75.1 Å². The minimum absolute atomic E-state index is 0.0300. The lowest BCUT2D eigenvalue weighted by molar-refractivity contribution is -0.141. The van der Waals surface area contributed by atoms with Gasteiger partial charge in [0.15, 0.2) is 16.7 Å². The number of rotatable bonds is 15. The number of benzene rings is 1. The molecule has 12 heteroatoms. The molecule has 0 aliphatic carbocycles. The summed E-state index contributed by atoms with van der Waals surface area (Å²) in [6.07, 6.45) is 0.0837. The van der Waals surface area contributed by atoms with Crippen LogP contribution in [0.2, 0.25) is 0 Å². The largest absolute Gasteiger partial charge is 0.493 e. The summed E-state index contributed by atoms with van der Waals surface area (Å²) in [5.41, 5.74) is 0.135. The van der Waals surface area contributed by atoms with Crippen LogP contribution in [0.5, 0.6) is 11.5 Å². The molecule has 0 aliphatic heterocycles. The number of carbonyl (C=O) groups excluding carboxylic acids is 1. The summed E-state index contributed by atoms with van der Waals surface area (Å²) in [5.74, 6) is 1.48. The molecule has 0 amide bonds. The fourth-order valence-corrected chi connectivity index (χ4v) is 3.82. The fourth-order valence-electron chi connectivity index (χ4n) is 3.11. The predicted molar refractivity (Wildman–Crippen MR) is 135 cm³/mol. The molecule has 0 spiro atoms. The van der Waals surface area contributed by atoms with Gasteiger partial charge in [-0.1, -0.05) is 17.8 Å². The summed E-state index contributed by atoms with van der Waals surface area (Å²) in [5, 5.41) is -0.0480. The molecule has 0 fully saturated rings. The maximum atomic E-state index is 13.6. The SMILES string of the molecule is COCCOCCSc1nc(C(/C=C\C=O)=C/N(C)Cc2ccc(OC)c(OC)c2)cc(C(F)(F)F)n1. The van der Waals surface area contributed by atoms with Crippen LogP contribution in [0.3, 0.4) is 0 Å². The van der Waals surface area contributed by atoms with Gasteiger partial charge in [0.2, 0.25) is 0 Å². The Balaban J connectivity index is 2.33. The van der Waals surface area contributed by atoms with Gasteiger partial charge in [-0.3, -0.25) is 4.79 Å². The Bertz CT molecular complexity index is 1080. The van der Waals surface area contributed by atoms with Crippen LogP contribution >= 0.6 is 11.8 Å². The first-order valence-electron chi connectivity index (χ1n) is 11.1. The molecule has 202 valence electrons. The summed E-state index contributed by atoms with van der Waals surface area (Å²) in [6.45, 7) is 1.49. The Labute approximate surface area is 218 Å². The van der Waals surface area contributed by atoms with E-state index in [-0.39, 0.29) is 10.9 Å². The smallest absolute Gasteiger partial charge is 0.433 e. The van der Waals surface area contributed by atoms with Crippen molar-refractivity contribution in [3.05, 3.63) is 59.6 Å². The molecular weight excluding hydrogens is 511 g/mol. The number of hydrogen-bond donors (Lipinski definition) is 0. The van der Waals surface area contributed by atoms with Gasteiger partial charge in [0.25, 0.3) is 0 Å². The van der Waals surface area contributed by atoms with Crippen LogP contribution in [0, 0.1) is 0 Å². The van der Waals surface area contributed by atoms with Crippen LogP contribution in [0.1, 0.15) is 17.0 Å². The molecular formula is C25H30F3N3O5S. The third kappa shape index (κ3) is 10.1. The van der Waals surface area contributed by atoms with E-state index in [1.807, 2.05) is 6.07 Å². The van der Waals surface area contributed by atoms with Gasteiger partial charge < -0.3 is 23.8 Å². The third-order valence-corrected chi connectivity index (χ3v) is 5.59. The van der Waals surface area contributed by atoms with Crippen molar-refractivity contribution in [2.24, 2.45) is 0 Å². The van der Waals surface area contributed by atoms with Gasteiger partial charge in [-0.25, -0.2) is 9.97 Å². The number of nitrogens with zero attached hydrogens (tertiary/aromatic N) is 3. The summed E-state index contributed by atoms with van der Waals surface area (Å²) < 4.78 is 61.7. The lowest BCUT2D eigenvalue weighted by Gasteiger charge is -2.18. The molecule has 0 radical (unpaired) electrons. The fraction of sp³-hybridized carbons (Fsp3) is 0.400. The molecule has 0 atom stereocenters. The number of aldehydes is 1. The van der Waals surface area contributed by atoms with E-state index in [2.05, 4.69) is 9.97 Å². The third-order valence-electron chi connectivity index (χ3n) is 4.78. The number of allylic oxidation sites excluding steroid dienone is 3. The van der Waals surface area contributed by atoms with E-state index in [4.69, 9.17) is 18.9 Å². The van der Waals surface area contributed by atoms with Crippen molar-refractivity contribution in [2.45, 2.75) is 17.9 Å². The highest BCUT2D eigenvalue weighted by molar-refractivity contribution is 7.99. The molecule has 0 saturated carbocycles. The van der Waals surface area contributed by atoms with E-state index < -0.39 is 11.9 Å². The molecule has 0 aliphatic rings. The number of ether oxygens (including phenoxy) is 4. The standard InChI is InChI=1S/C25H30F3N3O5S/c1-31(16-18-7-8-21(34-3)22(14-18)35-4)17-19(6-5-9-32)20-15-23(25(26,27)28)30-24(29-20)37-13-12-36-11-10-33-2/h5-9,14-15,17H,10-13,16H2,1-4H3/b6-5-,19-17+. The molecule has 1 aromatic carbocycles. The molecule has 37 heavy (non-hydrogen) atoms. The first-order valence-corrected chi connectivity index (χ1v) is 12.1. The van der Waals surface area contributed by atoms with Crippen LogP contribution in [0.25, 0.3) is 5.57 Å². The highest BCUT2D eigenvalue weighted by Crippen LogP contribution is 2.32. The van der Waals surface area contributed by atoms with Crippen molar-refractivity contribution in [1.29, 1.82) is 0 Å². The minimum Gasteiger partial charge on any atom is -0.493 e. The Kier molecular flexibility index (Phi) is 12.4. The summed E-state index contributed by atoms with van der Waals surface area (Å²) in [6, 6.07) is 6.29. The Morgan fingerprint density at radius 1 is 1.05 bits per heavy atom. The van der Waals surface area contributed by atoms with E-state index in [1.54, 1.807) is 37.4 Å². The second kappa shape index (κ2) is 15.2. The summed E-state index contributed by atoms with van der Waals surface area (Å²) in [7, 11) is 6.37. The van der Waals surface area contributed by atoms with Gasteiger partial charge in [0.05, 0.1) is 39.7 Å². The van der Waals surface area contributed by atoms with E-state index in [0.717, 1.165) is 23.4 Å². The lowest BCUT2D eigenvalue weighted by Crippen LogP contribution is -2.13. The van der Waals surface area contributed by atoms with Gasteiger partial charge in [0.1, 0.15) is 12.0 Å². The number of carbonyl (C=O) groups is 1. The highest BCUT2D eigenvalue weighted by atomic mass is 32.2. The van der Waals surface area contributed by atoms with Crippen molar-refractivity contribution in [3.63, 3.8) is 0 Å². The zero-order valence-electron chi connectivity index (χ0n) is 21.1. The van der Waals surface area contributed by atoms with Gasteiger partial charge in [-0.15, -0.1) is 0 Å². The normalized spacial score (nSPS) is 12.1. The second-order valence-electron chi connectivity index (χ2n) is 7.56. The number of halogens is 3. The predicted octanol–water partition coefficient (Wildman–Crippen LogP) is 4.50. The second-order valence-corrected chi connectivity index (χ2v) is 8.62. The number of alkyl halides is 3. The Hall–Kier alpha value is -3.09. The summed E-state index contributed by atoms with van der Waals surface area (Å²) >= 11 is 1.04. The van der Waals surface area contributed by atoms with Crippen LogP contribution in [0.4, 0.5) is 13.2 Å². The average molecular weight is 542 g/mol. The van der Waals surface area contributed by atoms with Gasteiger partial charge in [-0.05, 0) is 35.9 Å². The molecule has 2 aromatic rings. The number of methoxy groups -OCH3 is 3. The minimum atomic E-state index is -4.67. The first-order chi connectivity index (χ1) is 17.7. The summed E-state index contributed by atoms with van der Waals surface area (Å²) in [4.78, 5) is 20.7. The number of hydrogen-bond acceptors (Lipinski definition) is 9. The Morgan fingerprint density at radius 2 is 1.81 bits per heavy atom. The van der Waals surface area contributed by atoms with E-state index in [0.29, 0.717) is 55.5 Å². The maximum absolute atomic E-state index is 13.6. The van der Waals surface area contributed by atoms with Crippen molar-refractivity contribution in [3.8, 4) is 11.5 Å². The van der Waals surface area contributed by atoms with Gasteiger partial charge >= 0.3 is 6.18 Å². The van der Waals surface area contributed by atoms with Gasteiger partial charge in [0, 0.05) is 38.2 Å². The molecule has 1 heterocycles. The monoisotopic (exact) mass is 541 g/mol. The van der Waals surface area contributed by atoms with Crippen molar-refractivity contribution in [2.75, 3.05) is 54.0 Å². The number of aromatic nitrogens is 2.